The maximum atomic E-state index is 3.65. The Hall–Kier alpha value is -1.04. The van der Waals surface area contributed by atoms with Crippen molar-refractivity contribution in [2.24, 2.45) is 89.2 Å². The van der Waals surface area contributed by atoms with E-state index in [0.717, 1.165) is 36.0 Å². The highest BCUT2D eigenvalue weighted by molar-refractivity contribution is 5.14. The first-order chi connectivity index (χ1) is 38.2. The van der Waals surface area contributed by atoms with Gasteiger partial charge in [-0.05, 0) is 140 Å². The highest BCUT2D eigenvalue weighted by Crippen LogP contribution is 2.40. The number of aryl methyl sites for hydroxylation is 1. The Labute approximate surface area is 555 Å². The Morgan fingerprint density at radius 1 is 0.407 bits per heavy atom. The summed E-state index contributed by atoms with van der Waals surface area (Å²) in [5.74, 6) is 4.56. The lowest BCUT2D eigenvalue weighted by Gasteiger charge is -2.34. The van der Waals surface area contributed by atoms with Gasteiger partial charge in [0.25, 0.3) is 0 Å². The van der Waals surface area contributed by atoms with Gasteiger partial charge in [0.1, 0.15) is 0 Å². The van der Waals surface area contributed by atoms with Gasteiger partial charge in [-0.1, -0.05) is 412 Å². The minimum Gasteiger partial charge on any atom is -0.103 e. The van der Waals surface area contributed by atoms with Crippen molar-refractivity contribution in [3.8, 4) is 0 Å². The molecule has 0 bridgehead atoms. The zero-order valence-electron chi connectivity index (χ0n) is 70.1. The summed E-state index contributed by atoms with van der Waals surface area (Å²) in [7, 11) is 0. The summed E-state index contributed by atoms with van der Waals surface area (Å²) < 4.78 is 0. The van der Waals surface area contributed by atoms with E-state index in [1.54, 1.807) is 0 Å². The minimum absolute atomic E-state index is 0.432. The molecule has 526 valence electrons. The van der Waals surface area contributed by atoms with Crippen LogP contribution in [0, 0.1) is 89.2 Å². The van der Waals surface area contributed by atoms with E-state index in [0.29, 0.717) is 59.6 Å². The van der Waals surface area contributed by atoms with E-state index in [1.807, 2.05) is 33.8 Å². The van der Waals surface area contributed by atoms with Crippen LogP contribution in [0.15, 0.2) is 43.0 Å². The third kappa shape index (κ3) is 81.0. The topological polar surface area (TPSA) is 0 Å². The summed E-state index contributed by atoms with van der Waals surface area (Å²) in [6.07, 6.45) is 25.3. The molecular formula is C86H182. The first-order valence-corrected chi connectivity index (χ1v) is 36.8. The van der Waals surface area contributed by atoms with Crippen molar-refractivity contribution in [2.75, 3.05) is 0 Å². The maximum absolute atomic E-state index is 3.65. The molecule has 1 aromatic rings. The van der Waals surface area contributed by atoms with Crippen molar-refractivity contribution in [1.29, 1.82) is 0 Å². The van der Waals surface area contributed by atoms with Gasteiger partial charge < -0.3 is 0 Å². The van der Waals surface area contributed by atoms with Gasteiger partial charge in [0.05, 0.1) is 0 Å². The molecule has 0 heterocycles. The van der Waals surface area contributed by atoms with Gasteiger partial charge in [0.2, 0.25) is 0 Å². The van der Waals surface area contributed by atoms with Crippen molar-refractivity contribution in [3.05, 3.63) is 48.6 Å². The molecule has 2 fully saturated rings. The highest BCUT2D eigenvalue weighted by Gasteiger charge is 2.29. The Balaban J connectivity index is -0.000000109. The molecule has 0 spiro atoms. The summed E-state index contributed by atoms with van der Waals surface area (Å²) >= 11 is 0. The maximum Gasteiger partial charge on any atom is -0.0281 e. The fourth-order valence-electron chi connectivity index (χ4n) is 8.84. The lowest BCUT2D eigenvalue weighted by Crippen LogP contribution is -2.25. The molecule has 0 saturated heterocycles. The third-order valence-corrected chi connectivity index (χ3v) is 18.0. The molecule has 0 aliphatic heterocycles. The van der Waals surface area contributed by atoms with Crippen LogP contribution in [-0.2, 0) is 6.42 Å². The second kappa shape index (κ2) is 51.5. The van der Waals surface area contributed by atoms with Crippen LogP contribution < -0.4 is 0 Å². The monoisotopic (exact) mass is 1220 g/mol. The molecule has 2 saturated carbocycles. The SMILES string of the molecule is C=CCC(C)(C)C.CC.CC.CC(C)(C)C(C)(C)C.CC(C)(C)C1CCCC1.CC(C)(C)C1CCCCC1.CC(C)(C)CC(C)(C)C.CC(C)C(C)(C)C.CCC(C)(C)C.CCC(C)C(C)(C)C.CCC(CC)C(C)(C)C.CCCc1ccccc1. The summed E-state index contributed by atoms with van der Waals surface area (Å²) in [6, 6.07) is 10.6. The molecule has 0 nitrogen and oxygen atoms in total. The fraction of sp³-hybridized carbons (Fsp3) is 0.907. The van der Waals surface area contributed by atoms with Crippen LogP contribution in [0.2, 0.25) is 0 Å². The normalized spacial score (nSPS) is 14.6. The van der Waals surface area contributed by atoms with E-state index in [9.17, 15) is 0 Å². The lowest BCUT2D eigenvalue weighted by atomic mass is 9.71. The summed E-state index contributed by atoms with van der Waals surface area (Å²) in [5, 5.41) is 0. The molecule has 86 heavy (non-hydrogen) atoms. The second-order valence-electron chi connectivity index (χ2n) is 38.1. The number of benzene rings is 1. The first kappa shape index (κ1) is 104. The lowest BCUT2D eigenvalue weighted by molar-refractivity contribution is 0.157. The smallest absolute Gasteiger partial charge is 0.0281 e. The Morgan fingerprint density at radius 2 is 0.698 bits per heavy atom. The molecule has 0 heteroatoms. The van der Waals surface area contributed by atoms with Crippen molar-refractivity contribution in [2.45, 2.75) is 421 Å². The van der Waals surface area contributed by atoms with Gasteiger partial charge in [-0.15, -0.1) is 6.58 Å². The van der Waals surface area contributed by atoms with Crippen LogP contribution in [0.25, 0.3) is 0 Å². The molecule has 2 aliphatic rings. The molecule has 2 aliphatic carbocycles. The van der Waals surface area contributed by atoms with E-state index in [2.05, 4.69) is 321 Å². The van der Waals surface area contributed by atoms with Crippen LogP contribution in [0.1, 0.15) is 420 Å². The number of hydrogen-bond donors (Lipinski definition) is 0. The number of allylic oxidation sites excluding steroid dienone is 1. The molecule has 0 aromatic heterocycles. The zero-order valence-corrected chi connectivity index (χ0v) is 70.1. The summed E-state index contributed by atoms with van der Waals surface area (Å²) in [4.78, 5) is 0. The van der Waals surface area contributed by atoms with E-state index in [1.165, 1.54) is 108 Å². The van der Waals surface area contributed by atoms with E-state index in [4.69, 9.17) is 0 Å². The molecule has 1 unspecified atom stereocenters. The predicted octanol–water partition coefficient (Wildman–Crippen LogP) is 32.4. The first-order valence-electron chi connectivity index (χ1n) is 36.8. The quantitative estimate of drug-likeness (QED) is 0.249. The predicted molar refractivity (Wildman–Crippen MR) is 414 cm³/mol. The number of hydrogen-bond acceptors (Lipinski definition) is 0. The molecule has 0 radical (unpaired) electrons. The Kier molecular flexibility index (Phi) is 62.1. The van der Waals surface area contributed by atoms with Crippen LogP contribution in [0.4, 0.5) is 0 Å². The third-order valence-electron chi connectivity index (χ3n) is 18.0. The largest absolute Gasteiger partial charge is 0.103 e. The molecule has 3 rings (SSSR count). The average molecular weight is 1220 g/mol. The van der Waals surface area contributed by atoms with Gasteiger partial charge in [-0.2, -0.15) is 0 Å². The van der Waals surface area contributed by atoms with Crippen molar-refractivity contribution >= 4 is 0 Å². The Morgan fingerprint density at radius 3 is 0.802 bits per heavy atom. The molecule has 1 atom stereocenters. The standard InChI is InChI=1S/C10H20.C9H18.C9H12.2C9H20.2C8H18.C7H16.C7H14.C6H14.2C2H6/c1-10(2,3)9-7-5-4-6-8-9;1-9(2,3)8-6-4-5-7-8;1-2-6-9-7-4-3-5-8-9;1-8(2,3)7-9(4,5)6;1-6-8(7-2)9(3,4)5;1-7(2,3)8(4,5)6;1-6-7(2)8(3,4)5;1-6(2)7(3,4)5;1-5-6-7(2,3)4;1-5-6(2,3)4;2*1-2/h9H,4-8H2,1-3H3;8H,4-7H2,1-3H3;3-5,7-8H,2,6H2,1H3;7H2,1-6H3;8H,6-7H2,1-5H3;1-6H3;7H,6H2,1-5H3;6H,1-5H3;5H,1,6H2,2-4H3;5H2,1-4H3;2*1-2H3. The van der Waals surface area contributed by atoms with Gasteiger partial charge in [-0.25, -0.2) is 0 Å². The van der Waals surface area contributed by atoms with E-state index >= 15 is 0 Å². The molecule has 1 aromatic carbocycles. The van der Waals surface area contributed by atoms with Crippen molar-refractivity contribution < 1.29 is 0 Å². The van der Waals surface area contributed by atoms with Crippen molar-refractivity contribution in [1.82, 2.24) is 0 Å². The molecule has 0 N–H and O–H groups in total. The van der Waals surface area contributed by atoms with Crippen LogP contribution in [0.3, 0.4) is 0 Å². The molecule has 0 amide bonds. The van der Waals surface area contributed by atoms with Crippen LogP contribution in [-0.4, -0.2) is 0 Å². The van der Waals surface area contributed by atoms with Gasteiger partial charge in [0, 0.05) is 0 Å². The van der Waals surface area contributed by atoms with Gasteiger partial charge >= 0.3 is 0 Å². The van der Waals surface area contributed by atoms with Crippen molar-refractivity contribution in [3.63, 3.8) is 0 Å². The summed E-state index contributed by atoms with van der Waals surface area (Å²) in [5.41, 5.74) is 6.94. The average Bonchev–Trinajstić information content (AvgIpc) is 3.89. The zero-order chi connectivity index (χ0) is 71.2. The molecular weight excluding hydrogens is 1030 g/mol. The van der Waals surface area contributed by atoms with Crippen LogP contribution >= 0.6 is 0 Å². The van der Waals surface area contributed by atoms with Crippen LogP contribution in [0.5, 0.6) is 0 Å². The Bertz CT molecular complexity index is 1460. The number of rotatable bonds is 6. The second-order valence-corrected chi connectivity index (χ2v) is 38.1. The van der Waals surface area contributed by atoms with E-state index < -0.39 is 0 Å². The minimum atomic E-state index is 0.432. The van der Waals surface area contributed by atoms with E-state index in [-0.39, 0.29) is 0 Å². The van der Waals surface area contributed by atoms with Gasteiger partial charge in [-0.3, -0.25) is 0 Å². The summed E-state index contributed by atoms with van der Waals surface area (Å²) in [6.45, 7) is 105. The fourth-order valence-corrected chi connectivity index (χ4v) is 8.84. The highest BCUT2D eigenvalue weighted by atomic mass is 14.3. The van der Waals surface area contributed by atoms with Gasteiger partial charge in [0.15, 0.2) is 0 Å².